The quantitative estimate of drug-likeness (QED) is 0.650. The fraction of sp³-hybridized carbons (Fsp3) is 0.286. The maximum atomic E-state index is 12.1. The van der Waals surface area contributed by atoms with Gasteiger partial charge in [-0.15, -0.1) is 0 Å². The van der Waals surface area contributed by atoms with Crippen LogP contribution in [0.2, 0.25) is 0 Å². The van der Waals surface area contributed by atoms with E-state index < -0.39 is 4.92 Å². The van der Waals surface area contributed by atoms with Crippen LogP contribution in [-0.4, -0.2) is 20.6 Å². The second kappa shape index (κ2) is 6.69. The number of aromatic nitrogens is 2. The van der Waals surface area contributed by atoms with Crippen LogP contribution < -0.4 is 5.32 Å². The minimum Gasteiger partial charge on any atom is -0.358 e. The van der Waals surface area contributed by atoms with E-state index in [0.717, 1.165) is 5.56 Å². The van der Waals surface area contributed by atoms with Gasteiger partial charge in [0, 0.05) is 0 Å². The Hall–Kier alpha value is -2.22. The Bertz CT molecular complexity index is 700. The summed E-state index contributed by atoms with van der Waals surface area (Å²) < 4.78 is 1.61. The van der Waals surface area contributed by atoms with Gasteiger partial charge >= 0.3 is 5.82 Å². The molecular formula is C14H15BrN4O3. The Morgan fingerprint density at radius 1 is 1.45 bits per heavy atom. The highest BCUT2D eigenvalue weighted by Gasteiger charge is 2.24. The van der Waals surface area contributed by atoms with E-state index in [-0.39, 0.29) is 24.3 Å². The molecule has 2 aromatic rings. The van der Waals surface area contributed by atoms with E-state index >= 15 is 0 Å². The van der Waals surface area contributed by atoms with Gasteiger partial charge in [0.1, 0.15) is 11.0 Å². The molecule has 7 nitrogen and oxygen atoms in total. The van der Waals surface area contributed by atoms with Crippen LogP contribution in [0.4, 0.5) is 5.82 Å². The van der Waals surface area contributed by atoms with Crippen molar-refractivity contribution in [3.05, 3.63) is 56.2 Å². The largest absolute Gasteiger partial charge is 0.404 e. The highest BCUT2D eigenvalue weighted by molar-refractivity contribution is 9.10. The molecular weight excluding hydrogens is 352 g/mol. The summed E-state index contributed by atoms with van der Waals surface area (Å²) in [6.07, 6.45) is 0. The zero-order chi connectivity index (χ0) is 16.3. The number of nitro groups is 1. The van der Waals surface area contributed by atoms with Crippen LogP contribution in [0, 0.1) is 17.0 Å². The number of carbonyl (C=O) groups is 1. The summed E-state index contributed by atoms with van der Waals surface area (Å²) in [6.45, 7) is 3.47. The lowest BCUT2D eigenvalue weighted by Crippen LogP contribution is -2.30. The van der Waals surface area contributed by atoms with Gasteiger partial charge in [-0.1, -0.05) is 30.3 Å². The Labute approximate surface area is 135 Å². The molecule has 22 heavy (non-hydrogen) atoms. The zero-order valence-corrected chi connectivity index (χ0v) is 13.7. The first-order valence-electron chi connectivity index (χ1n) is 6.61. The van der Waals surface area contributed by atoms with Crippen molar-refractivity contribution in [3.63, 3.8) is 0 Å². The number of nitrogens with zero attached hydrogens (tertiary/aromatic N) is 3. The fourth-order valence-electron chi connectivity index (χ4n) is 2.03. The predicted octanol–water partition coefficient (Wildman–Crippen LogP) is 2.74. The summed E-state index contributed by atoms with van der Waals surface area (Å²) in [5, 5.41) is 17.5. The lowest BCUT2D eigenvalue weighted by Gasteiger charge is -2.13. The second-order valence-corrected chi connectivity index (χ2v) is 5.63. The summed E-state index contributed by atoms with van der Waals surface area (Å²) in [6, 6.07) is 9.40. The average molecular weight is 367 g/mol. The number of benzene rings is 1. The van der Waals surface area contributed by atoms with Crippen LogP contribution in [-0.2, 0) is 11.3 Å². The van der Waals surface area contributed by atoms with E-state index in [1.165, 1.54) is 4.68 Å². The number of hydrogen-bond acceptors (Lipinski definition) is 4. The van der Waals surface area contributed by atoms with Gasteiger partial charge in [-0.3, -0.25) is 4.79 Å². The molecule has 0 fully saturated rings. The molecule has 2 rings (SSSR count). The smallest absolute Gasteiger partial charge is 0.358 e. The van der Waals surface area contributed by atoms with E-state index in [1.54, 1.807) is 6.92 Å². The fourth-order valence-corrected chi connectivity index (χ4v) is 2.46. The molecule has 1 aromatic carbocycles. The molecule has 0 aliphatic carbocycles. The van der Waals surface area contributed by atoms with Gasteiger partial charge in [-0.05, 0) is 40.3 Å². The van der Waals surface area contributed by atoms with Crippen LogP contribution in [0.25, 0.3) is 0 Å². The van der Waals surface area contributed by atoms with Crippen LogP contribution in [0.15, 0.2) is 34.8 Å². The molecule has 8 heteroatoms. The summed E-state index contributed by atoms with van der Waals surface area (Å²) >= 11 is 3.12. The van der Waals surface area contributed by atoms with E-state index in [1.807, 2.05) is 37.3 Å². The molecule has 0 aliphatic heterocycles. The van der Waals surface area contributed by atoms with Crippen LogP contribution in [0.3, 0.4) is 0 Å². The van der Waals surface area contributed by atoms with Crippen molar-refractivity contribution in [2.24, 2.45) is 0 Å². The molecule has 0 aliphatic rings. The Morgan fingerprint density at radius 2 is 2.09 bits per heavy atom. The maximum absolute atomic E-state index is 12.1. The summed E-state index contributed by atoms with van der Waals surface area (Å²) in [5.74, 6) is -0.550. The molecule has 0 unspecified atom stereocenters. The van der Waals surface area contributed by atoms with E-state index in [4.69, 9.17) is 0 Å². The first-order chi connectivity index (χ1) is 10.4. The molecule has 0 radical (unpaired) electrons. The van der Waals surface area contributed by atoms with E-state index in [0.29, 0.717) is 10.2 Å². The molecule has 1 heterocycles. The summed E-state index contributed by atoms with van der Waals surface area (Å²) in [7, 11) is 0. The summed E-state index contributed by atoms with van der Waals surface area (Å²) in [4.78, 5) is 22.3. The predicted molar refractivity (Wildman–Crippen MR) is 84.3 cm³/mol. The lowest BCUT2D eigenvalue weighted by molar-refractivity contribution is -0.390. The first kappa shape index (κ1) is 16.2. The van der Waals surface area contributed by atoms with Gasteiger partial charge in [0.05, 0.1) is 16.8 Å². The normalized spacial score (nSPS) is 12.0. The first-order valence-corrected chi connectivity index (χ1v) is 7.41. The molecule has 1 atom stereocenters. The van der Waals surface area contributed by atoms with Crippen LogP contribution in [0.1, 0.15) is 24.2 Å². The number of carbonyl (C=O) groups excluding carboxylic acids is 1. The maximum Gasteiger partial charge on any atom is 0.404 e. The lowest BCUT2D eigenvalue weighted by atomic mass is 10.1. The zero-order valence-electron chi connectivity index (χ0n) is 12.1. The van der Waals surface area contributed by atoms with Crippen molar-refractivity contribution < 1.29 is 9.72 Å². The molecule has 0 saturated carbocycles. The molecule has 1 aromatic heterocycles. The van der Waals surface area contributed by atoms with Crippen molar-refractivity contribution in [3.8, 4) is 0 Å². The number of rotatable bonds is 5. The van der Waals surface area contributed by atoms with Gasteiger partial charge in [0.25, 0.3) is 0 Å². The number of hydrogen-bond donors (Lipinski definition) is 1. The van der Waals surface area contributed by atoms with Crippen molar-refractivity contribution in [1.29, 1.82) is 0 Å². The highest BCUT2D eigenvalue weighted by atomic mass is 79.9. The molecule has 116 valence electrons. The van der Waals surface area contributed by atoms with E-state index in [2.05, 4.69) is 26.3 Å². The van der Waals surface area contributed by atoms with Crippen molar-refractivity contribution in [1.82, 2.24) is 15.1 Å². The standard InChI is InChI=1S/C14H15BrN4O3/c1-9(11-6-4-3-5-7-11)16-12(20)8-18-10(2)13(15)14(17-18)19(21)22/h3-7,9H,8H2,1-2H3,(H,16,20)/t9-/m1/s1. The van der Waals surface area contributed by atoms with Gasteiger partial charge in [-0.25, -0.2) is 0 Å². The minimum absolute atomic E-state index is 0.0740. The van der Waals surface area contributed by atoms with Crippen LogP contribution in [0.5, 0.6) is 0 Å². The van der Waals surface area contributed by atoms with Gasteiger partial charge in [0.15, 0.2) is 0 Å². The van der Waals surface area contributed by atoms with Gasteiger partial charge in [0.2, 0.25) is 5.91 Å². The SMILES string of the molecule is Cc1c(Br)c([N+](=O)[O-])nn1CC(=O)N[C@H](C)c1ccccc1. The third-order valence-electron chi connectivity index (χ3n) is 3.26. The third kappa shape index (κ3) is 3.51. The van der Waals surface area contributed by atoms with Crippen LogP contribution >= 0.6 is 15.9 Å². The van der Waals surface area contributed by atoms with Gasteiger partial charge in [-0.2, -0.15) is 4.68 Å². The summed E-state index contributed by atoms with van der Waals surface area (Å²) in [5.41, 5.74) is 1.52. The number of nitrogens with one attached hydrogen (secondary N) is 1. The van der Waals surface area contributed by atoms with Crippen molar-refractivity contribution in [2.45, 2.75) is 26.4 Å². The molecule has 0 spiro atoms. The monoisotopic (exact) mass is 366 g/mol. The molecule has 0 bridgehead atoms. The third-order valence-corrected chi connectivity index (χ3v) is 4.19. The van der Waals surface area contributed by atoms with Crippen molar-refractivity contribution in [2.75, 3.05) is 0 Å². The topological polar surface area (TPSA) is 90.1 Å². The van der Waals surface area contributed by atoms with Crippen molar-refractivity contribution >= 4 is 27.7 Å². The van der Waals surface area contributed by atoms with E-state index in [9.17, 15) is 14.9 Å². The highest BCUT2D eigenvalue weighted by Crippen LogP contribution is 2.26. The number of amides is 1. The minimum atomic E-state index is -0.585. The molecule has 1 amide bonds. The molecule has 1 N–H and O–H groups in total. The average Bonchev–Trinajstić information content (AvgIpc) is 2.76. The Morgan fingerprint density at radius 3 is 2.64 bits per heavy atom. The Kier molecular flexibility index (Phi) is 4.92. The number of halogens is 1. The Balaban J connectivity index is 2.07. The molecule has 0 saturated heterocycles. The van der Waals surface area contributed by atoms with Gasteiger partial charge < -0.3 is 15.4 Å². The second-order valence-electron chi connectivity index (χ2n) is 4.84.